The minimum absolute atomic E-state index is 0.244. The summed E-state index contributed by atoms with van der Waals surface area (Å²) >= 11 is 0. The predicted octanol–water partition coefficient (Wildman–Crippen LogP) is 3.32. The van der Waals surface area contributed by atoms with E-state index in [1.807, 2.05) is 11.8 Å². The Morgan fingerprint density at radius 1 is 1.14 bits per heavy atom. The Hall–Kier alpha value is -3.76. The molecule has 0 aliphatic carbocycles. The largest absolute Gasteiger partial charge is 0.417 e. The van der Waals surface area contributed by atoms with Gasteiger partial charge in [0.1, 0.15) is 0 Å². The van der Waals surface area contributed by atoms with Gasteiger partial charge in [-0.3, -0.25) is 14.6 Å². The highest BCUT2D eigenvalue weighted by Crippen LogP contribution is 2.30. The third-order valence-corrected chi connectivity index (χ3v) is 5.53. The Morgan fingerprint density at radius 2 is 1.77 bits per heavy atom. The van der Waals surface area contributed by atoms with E-state index in [4.69, 9.17) is 4.42 Å². The van der Waals surface area contributed by atoms with Crippen LogP contribution in [-0.2, 0) is 22.2 Å². The molecule has 188 valence electrons. The van der Waals surface area contributed by atoms with Crippen LogP contribution in [0.5, 0.6) is 0 Å². The zero-order chi connectivity index (χ0) is 25.8. The van der Waals surface area contributed by atoms with Gasteiger partial charge in [0.2, 0.25) is 0 Å². The molecule has 0 saturated carbocycles. The maximum Gasteiger partial charge on any atom is 0.417 e. The lowest BCUT2D eigenvalue weighted by Crippen LogP contribution is -2.52. The van der Waals surface area contributed by atoms with Crippen LogP contribution in [0, 0.1) is 0 Å². The lowest BCUT2D eigenvalue weighted by Gasteiger charge is -2.35. The highest BCUT2D eigenvalue weighted by atomic mass is 19.4. The zero-order valence-electron chi connectivity index (χ0n) is 19.5. The van der Waals surface area contributed by atoms with Crippen molar-refractivity contribution in [1.29, 1.82) is 0 Å². The monoisotopic (exact) mass is 492 g/mol. The molecule has 2 heterocycles. The molecule has 1 aromatic heterocycles. The van der Waals surface area contributed by atoms with Crippen LogP contribution in [0.2, 0.25) is 0 Å². The second kappa shape index (κ2) is 10.7. The molecule has 2 amide bonds. The van der Waals surface area contributed by atoms with Crippen LogP contribution in [0.25, 0.3) is 6.08 Å². The molecule has 8 nitrogen and oxygen atoms in total. The van der Waals surface area contributed by atoms with E-state index in [0.29, 0.717) is 43.0 Å². The van der Waals surface area contributed by atoms with Gasteiger partial charge in [-0.05, 0) is 51.0 Å². The molecule has 0 spiro atoms. The number of aromatic nitrogens is 1. The number of amides is 2. The summed E-state index contributed by atoms with van der Waals surface area (Å²) in [6.45, 7) is 8.50. The lowest BCUT2D eigenvalue weighted by atomic mass is 10.1. The molecule has 3 rings (SSSR count). The number of halogens is 3. The quantitative estimate of drug-likeness (QED) is 0.476. The minimum Gasteiger partial charge on any atom is -0.408 e. The molecule has 1 aliphatic rings. The fourth-order valence-electron chi connectivity index (χ4n) is 3.65. The number of piperazine rings is 1. The van der Waals surface area contributed by atoms with Gasteiger partial charge in [0.25, 0.3) is 0 Å². The summed E-state index contributed by atoms with van der Waals surface area (Å²) in [6, 6.07) is 4.83. The number of carbonyl (C=O) groups excluding carboxylic acids is 2. The number of oxazole rings is 1. The summed E-state index contributed by atoms with van der Waals surface area (Å²) in [5, 5.41) is 2.51. The van der Waals surface area contributed by atoms with E-state index >= 15 is 0 Å². The van der Waals surface area contributed by atoms with E-state index in [1.165, 1.54) is 23.1 Å². The number of hydrogen-bond acceptors (Lipinski definition) is 5. The van der Waals surface area contributed by atoms with Gasteiger partial charge in [0.15, 0.2) is 5.76 Å². The van der Waals surface area contributed by atoms with Crippen molar-refractivity contribution in [3.63, 3.8) is 0 Å². The second-order valence-corrected chi connectivity index (χ2v) is 8.42. The minimum atomic E-state index is -4.40. The average Bonchev–Trinajstić information content (AvgIpc) is 3.15. The summed E-state index contributed by atoms with van der Waals surface area (Å²) in [7, 11) is 0. The van der Waals surface area contributed by atoms with E-state index in [-0.39, 0.29) is 18.8 Å². The number of benzene rings is 1. The SMILES string of the molecule is C=C(C)CCc1[nH]c(=O)oc1/C=C(\C)NC(=O)C(=O)N1CCN(c2ccc(C(F)(F)F)cc2)CC1. The molecule has 0 bridgehead atoms. The van der Waals surface area contributed by atoms with Gasteiger partial charge in [-0.15, -0.1) is 6.58 Å². The Morgan fingerprint density at radius 3 is 2.34 bits per heavy atom. The number of nitrogens with zero attached hydrogens (tertiary/aromatic N) is 2. The Bertz CT molecular complexity index is 1170. The van der Waals surface area contributed by atoms with E-state index < -0.39 is 29.3 Å². The number of allylic oxidation sites excluding steroid dienone is 2. The number of alkyl halides is 3. The molecular weight excluding hydrogens is 465 g/mol. The molecule has 1 aromatic carbocycles. The predicted molar refractivity (Wildman–Crippen MR) is 124 cm³/mol. The highest BCUT2D eigenvalue weighted by molar-refractivity contribution is 6.35. The fraction of sp³-hybridized carbons (Fsp3) is 0.375. The van der Waals surface area contributed by atoms with E-state index in [0.717, 1.165) is 17.7 Å². The molecule has 2 N–H and O–H groups in total. The third kappa shape index (κ3) is 6.87. The number of hydrogen-bond donors (Lipinski definition) is 2. The van der Waals surface area contributed by atoms with Gasteiger partial charge >= 0.3 is 23.7 Å². The van der Waals surface area contributed by atoms with Gasteiger partial charge in [0.05, 0.1) is 11.3 Å². The van der Waals surface area contributed by atoms with Crippen LogP contribution in [0.15, 0.2) is 51.3 Å². The van der Waals surface area contributed by atoms with Gasteiger partial charge in [-0.25, -0.2) is 4.79 Å². The van der Waals surface area contributed by atoms with Crippen LogP contribution in [0.3, 0.4) is 0 Å². The number of anilines is 1. The number of nitrogens with one attached hydrogen (secondary N) is 2. The summed E-state index contributed by atoms with van der Waals surface area (Å²) in [4.78, 5) is 42.5. The van der Waals surface area contributed by atoms with Crippen molar-refractivity contribution in [2.24, 2.45) is 0 Å². The second-order valence-electron chi connectivity index (χ2n) is 8.42. The van der Waals surface area contributed by atoms with Gasteiger partial charge < -0.3 is 19.5 Å². The first-order valence-electron chi connectivity index (χ1n) is 11.0. The smallest absolute Gasteiger partial charge is 0.408 e. The summed E-state index contributed by atoms with van der Waals surface area (Å²) in [5.41, 5.74) is 1.72. The molecule has 0 atom stereocenters. The number of aryl methyl sites for hydroxylation is 1. The maximum atomic E-state index is 12.8. The van der Waals surface area contributed by atoms with Crippen molar-refractivity contribution >= 4 is 23.6 Å². The summed E-state index contributed by atoms with van der Waals surface area (Å²) in [5.74, 6) is -1.90. The molecule has 2 aromatic rings. The van der Waals surface area contributed by atoms with Crippen LogP contribution in [0.4, 0.5) is 18.9 Å². The molecule has 1 aliphatic heterocycles. The Labute approximate surface area is 200 Å². The Balaban J connectivity index is 1.56. The van der Waals surface area contributed by atoms with Crippen molar-refractivity contribution in [3.8, 4) is 0 Å². The lowest BCUT2D eigenvalue weighted by molar-refractivity contribution is -0.145. The average molecular weight is 492 g/mol. The third-order valence-electron chi connectivity index (χ3n) is 5.53. The first-order chi connectivity index (χ1) is 16.4. The zero-order valence-corrected chi connectivity index (χ0v) is 19.5. The fourth-order valence-corrected chi connectivity index (χ4v) is 3.65. The molecule has 1 saturated heterocycles. The van der Waals surface area contributed by atoms with Crippen molar-refractivity contribution in [1.82, 2.24) is 15.2 Å². The highest BCUT2D eigenvalue weighted by Gasteiger charge is 2.31. The van der Waals surface area contributed by atoms with E-state index in [1.54, 1.807) is 6.92 Å². The van der Waals surface area contributed by atoms with Crippen LogP contribution in [0.1, 0.15) is 37.3 Å². The Kier molecular flexibility index (Phi) is 7.88. The molecule has 0 unspecified atom stereocenters. The number of carbonyl (C=O) groups is 2. The summed E-state index contributed by atoms with van der Waals surface area (Å²) < 4.78 is 43.4. The molecule has 11 heteroatoms. The standard InChI is InChI=1S/C24H27F3N4O4/c1-15(2)4-9-19-20(35-23(34)29-19)14-16(3)28-21(32)22(33)31-12-10-30(11-13-31)18-7-5-17(6-8-18)24(25,26)27/h5-8,14H,1,4,9-13H2,2-3H3,(H,28,32)(H,29,34)/b16-14+. The number of H-pyrrole nitrogens is 1. The van der Waals surface area contributed by atoms with Gasteiger partial charge in [-0.2, -0.15) is 13.2 Å². The van der Waals surface area contributed by atoms with Crippen LogP contribution < -0.4 is 16.0 Å². The van der Waals surface area contributed by atoms with Crippen LogP contribution >= 0.6 is 0 Å². The normalized spacial score (nSPS) is 14.7. The van der Waals surface area contributed by atoms with Gasteiger partial charge in [0, 0.05) is 43.6 Å². The number of rotatable bonds is 6. The van der Waals surface area contributed by atoms with E-state index in [9.17, 15) is 27.6 Å². The molecule has 1 fully saturated rings. The van der Waals surface area contributed by atoms with Crippen LogP contribution in [-0.4, -0.2) is 47.9 Å². The topological polar surface area (TPSA) is 98.6 Å². The van der Waals surface area contributed by atoms with Crippen molar-refractivity contribution in [2.45, 2.75) is 32.9 Å². The molecule has 0 radical (unpaired) electrons. The van der Waals surface area contributed by atoms with Crippen molar-refractivity contribution in [3.05, 3.63) is 69.7 Å². The number of aromatic amines is 1. The first kappa shape index (κ1) is 25.9. The maximum absolute atomic E-state index is 12.8. The first-order valence-corrected chi connectivity index (χ1v) is 11.0. The van der Waals surface area contributed by atoms with Crippen molar-refractivity contribution in [2.75, 3.05) is 31.1 Å². The summed E-state index contributed by atoms with van der Waals surface area (Å²) in [6.07, 6.45) is -1.77. The van der Waals surface area contributed by atoms with Crippen molar-refractivity contribution < 1.29 is 27.2 Å². The molecular formula is C24H27F3N4O4. The van der Waals surface area contributed by atoms with E-state index in [2.05, 4.69) is 16.9 Å². The molecule has 35 heavy (non-hydrogen) atoms. The van der Waals surface area contributed by atoms with Gasteiger partial charge in [-0.1, -0.05) is 5.57 Å².